The second-order valence-electron chi connectivity index (χ2n) is 5.04. The maximum atomic E-state index is 9.35. The van der Waals surface area contributed by atoms with Crippen molar-refractivity contribution in [1.29, 1.82) is 0 Å². The Kier molecular flexibility index (Phi) is 5.17. The molecule has 0 saturated heterocycles. The van der Waals surface area contributed by atoms with E-state index in [4.69, 9.17) is 0 Å². The Morgan fingerprint density at radius 2 is 1.83 bits per heavy atom. The van der Waals surface area contributed by atoms with E-state index in [1.807, 2.05) is 43.0 Å². The van der Waals surface area contributed by atoms with Crippen LogP contribution < -0.4 is 0 Å². The Hall–Kier alpha value is -2.31. The van der Waals surface area contributed by atoms with Gasteiger partial charge in [-0.25, -0.2) is 9.50 Å². The molecular formula is C18H17N3OS2. The minimum atomic E-state index is 0.256. The molecule has 0 spiro atoms. The lowest BCUT2D eigenvalue weighted by atomic mass is 10.1. The van der Waals surface area contributed by atoms with Gasteiger partial charge in [0.2, 0.25) is 0 Å². The number of phenolic OH excluding ortho intramolecular Hbond substituents is 1. The number of rotatable bonds is 2. The van der Waals surface area contributed by atoms with Crippen molar-refractivity contribution in [3.05, 3.63) is 59.7 Å². The van der Waals surface area contributed by atoms with Crippen LogP contribution in [0.3, 0.4) is 0 Å². The molecule has 1 aromatic carbocycles. The molecule has 3 aromatic heterocycles. The van der Waals surface area contributed by atoms with Crippen molar-refractivity contribution in [2.24, 2.45) is 0 Å². The third-order valence-corrected chi connectivity index (χ3v) is 4.07. The number of fused-ring (bicyclic) bond motifs is 1. The van der Waals surface area contributed by atoms with E-state index in [1.54, 1.807) is 28.0 Å². The zero-order valence-electron chi connectivity index (χ0n) is 13.1. The molecule has 0 amide bonds. The average Bonchev–Trinajstić information content (AvgIpc) is 3.25. The lowest BCUT2D eigenvalue weighted by Gasteiger charge is -2.03. The molecular weight excluding hydrogens is 338 g/mol. The van der Waals surface area contributed by atoms with E-state index in [1.165, 1.54) is 0 Å². The monoisotopic (exact) mass is 355 g/mol. The Bertz CT molecular complexity index is 915. The van der Waals surface area contributed by atoms with E-state index in [9.17, 15) is 5.11 Å². The Morgan fingerprint density at radius 1 is 1.08 bits per heavy atom. The van der Waals surface area contributed by atoms with Gasteiger partial charge in [0.25, 0.3) is 0 Å². The van der Waals surface area contributed by atoms with E-state index >= 15 is 0 Å². The van der Waals surface area contributed by atoms with Crippen molar-refractivity contribution >= 4 is 29.6 Å². The molecule has 4 nitrogen and oxygen atoms in total. The summed E-state index contributed by atoms with van der Waals surface area (Å²) in [5, 5.41) is 17.9. The van der Waals surface area contributed by atoms with Crippen molar-refractivity contribution < 1.29 is 5.11 Å². The first-order valence-corrected chi connectivity index (χ1v) is 9.06. The number of benzene rings is 1. The van der Waals surface area contributed by atoms with Crippen LogP contribution in [0.4, 0.5) is 0 Å². The molecule has 0 radical (unpaired) electrons. The highest BCUT2D eigenvalue weighted by molar-refractivity contribution is 7.80. The maximum absolute atomic E-state index is 9.35. The molecule has 122 valence electrons. The highest BCUT2D eigenvalue weighted by atomic mass is 32.1. The molecule has 0 aliphatic heterocycles. The second-order valence-corrected chi connectivity index (χ2v) is 6.46. The summed E-state index contributed by atoms with van der Waals surface area (Å²) in [7, 11) is 0. The number of nitrogens with zero attached hydrogens (tertiary/aromatic N) is 3. The van der Waals surface area contributed by atoms with Crippen molar-refractivity contribution in [3.8, 4) is 28.0 Å². The third-order valence-electron chi connectivity index (χ3n) is 3.39. The van der Waals surface area contributed by atoms with E-state index in [2.05, 4.69) is 34.2 Å². The summed E-state index contributed by atoms with van der Waals surface area (Å²) in [4.78, 5) is 4.54. The minimum absolute atomic E-state index is 0.256. The minimum Gasteiger partial charge on any atom is -0.508 e. The molecule has 0 saturated carbocycles. The molecule has 4 rings (SSSR count). The molecule has 0 bridgehead atoms. The summed E-state index contributed by atoms with van der Waals surface area (Å²) in [6.07, 6.45) is 5.62. The normalized spacial score (nSPS) is 10.4. The van der Waals surface area contributed by atoms with Gasteiger partial charge in [0.15, 0.2) is 5.65 Å². The van der Waals surface area contributed by atoms with Crippen LogP contribution in [-0.4, -0.2) is 25.5 Å². The number of thiophene rings is 1. The maximum Gasteiger partial charge on any atom is 0.162 e. The molecule has 24 heavy (non-hydrogen) atoms. The number of hydrogen-bond donors (Lipinski definition) is 2. The van der Waals surface area contributed by atoms with Crippen LogP contribution in [0.2, 0.25) is 0 Å². The van der Waals surface area contributed by atoms with E-state index in [0.29, 0.717) is 0 Å². The lowest BCUT2D eigenvalue weighted by molar-refractivity contribution is 0.475. The molecule has 0 aliphatic carbocycles. The summed E-state index contributed by atoms with van der Waals surface area (Å²) >= 11 is 5.45. The van der Waals surface area contributed by atoms with Crippen molar-refractivity contribution in [1.82, 2.24) is 14.6 Å². The molecule has 0 fully saturated rings. The lowest BCUT2D eigenvalue weighted by Crippen LogP contribution is -1.91. The fourth-order valence-corrected chi connectivity index (χ4v) is 2.95. The summed E-state index contributed by atoms with van der Waals surface area (Å²) in [6.45, 7) is 1.99. The zero-order chi connectivity index (χ0) is 16.9. The molecule has 0 atom stereocenters. The van der Waals surface area contributed by atoms with Crippen molar-refractivity contribution in [2.75, 3.05) is 5.75 Å². The zero-order valence-corrected chi connectivity index (χ0v) is 14.8. The van der Waals surface area contributed by atoms with Crippen LogP contribution in [-0.2, 0) is 0 Å². The van der Waals surface area contributed by atoms with E-state index in [-0.39, 0.29) is 5.75 Å². The van der Waals surface area contributed by atoms with Crippen LogP contribution in [0, 0.1) is 0 Å². The van der Waals surface area contributed by atoms with Crippen LogP contribution in [0.5, 0.6) is 5.75 Å². The van der Waals surface area contributed by atoms with Gasteiger partial charge in [-0.1, -0.05) is 19.1 Å². The summed E-state index contributed by atoms with van der Waals surface area (Å²) in [5.74, 6) is 1.20. The third kappa shape index (κ3) is 3.44. The first-order chi connectivity index (χ1) is 11.7. The molecule has 0 unspecified atom stereocenters. The number of aromatic hydroxyl groups is 1. The van der Waals surface area contributed by atoms with Crippen LogP contribution in [0.1, 0.15) is 6.92 Å². The summed E-state index contributed by atoms with van der Waals surface area (Å²) in [6, 6.07) is 9.12. The van der Waals surface area contributed by atoms with Crippen LogP contribution in [0.15, 0.2) is 59.7 Å². The van der Waals surface area contributed by atoms with Gasteiger partial charge in [-0.2, -0.15) is 29.1 Å². The SMILES string of the molecule is CCS.Oc1ccc(-c2cnc3c(-c4ccsc4)cnn3c2)cc1. The van der Waals surface area contributed by atoms with E-state index in [0.717, 1.165) is 33.7 Å². The van der Waals surface area contributed by atoms with Gasteiger partial charge in [0.1, 0.15) is 5.75 Å². The van der Waals surface area contributed by atoms with Crippen LogP contribution >= 0.6 is 24.0 Å². The smallest absolute Gasteiger partial charge is 0.162 e. The van der Waals surface area contributed by atoms with Crippen LogP contribution in [0.25, 0.3) is 27.9 Å². The summed E-state index contributed by atoms with van der Waals surface area (Å²) < 4.78 is 1.79. The highest BCUT2D eigenvalue weighted by Gasteiger charge is 2.09. The second kappa shape index (κ2) is 7.51. The fourth-order valence-electron chi connectivity index (χ4n) is 2.30. The molecule has 1 N–H and O–H groups in total. The average molecular weight is 355 g/mol. The van der Waals surface area contributed by atoms with Gasteiger partial charge in [-0.15, -0.1) is 0 Å². The Morgan fingerprint density at radius 3 is 2.50 bits per heavy atom. The predicted octanol–water partition coefficient (Wildman–Crippen LogP) is 4.77. The number of thiol groups is 1. The van der Waals surface area contributed by atoms with Crippen molar-refractivity contribution in [3.63, 3.8) is 0 Å². The molecule has 6 heteroatoms. The number of aromatic nitrogens is 3. The predicted molar refractivity (Wildman–Crippen MR) is 103 cm³/mol. The standard InChI is InChI=1S/C16H11N3OS.C2H6S/c20-14-3-1-11(2-4-14)13-7-17-16-15(8-18-19(16)9-13)12-5-6-21-10-12;1-2-3/h1-10,20H;3H,2H2,1H3. The van der Waals surface area contributed by atoms with Gasteiger partial charge >= 0.3 is 0 Å². The first kappa shape index (κ1) is 16.5. The van der Waals surface area contributed by atoms with Gasteiger partial charge in [-0.3, -0.25) is 0 Å². The van der Waals surface area contributed by atoms with Gasteiger partial charge in [0.05, 0.1) is 6.20 Å². The van der Waals surface area contributed by atoms with Gasteiger partial charge in [0, 0.05) is 23.5 Å². The van der Waals surface area contributed by atoms with Gasteiger partial charge < -0.3 is 5.11 Å². The molecule has 4 aromatic rings. The molecule has 0 aliphatic rings. The largest absolute Gasteiger partial charge is 0.508 e. The van der Waals surface area contributed by atoms with Crippen molar-refractivity contribution in [2.45, 2.75) is 6.92 Å². The van der Waals surface area contributed by atoms with Gasteiger partial charge in [-0.05, 0) is 45.8 Å². The Labute approximate surface area is 149 Å². The Balaban J connectivity index is 0.000000526. The fraction of sp³-hybridized carbons (Fsp3) is 0.111. The number of hydrogen-bond acceptors (Lipinski definition) is 5. The highest BCUT2D eigenvalue weighted by Crippen LogP contribution is 2.27. The van der Waals surface area contributed by atoms with E-state index < -0.39 is 0 Å². The quantitative estimate of drug-likeness (QED) is 0.509. The molecule has 3 heterocycles. The summed E-state index contributed by atoms with van der Waals surface area (Å²) in [5.41, 5.74) is 4.97. The number of phenols is 1. The first-order valence-electron chi connectivity index (χ1n) is 7.49. The topological polar surface area (TPSA) is 50.4 Å².